The zero-order valence-electron chi connectivity index (χ0n) is 19.6. The Bertz CT molecular complexity index is 1210. The summed E-state index contributed by atoms with van der Waals surface area (Å²) in [6.45, 7) is 8.12. The summed E-state index contributed by atoms with van der Waals surface area (Å²) in [6.07, 6.45) is 1.53. The largest absolute Gasteiger partial charge is 0.497 e. The Balaban J connectivity index is 1.71. The highest BCUT2D eigenvalue weighted by Gasteiger charge is 2.16. The Labute approximate surface area is 193 Å². The number of carbonyl (C=O) groups excluding carboxylic acids is 2. The van der Waals surface area contributed by atoms with Crippen LogP contribution in [0, 0.1) is 27.7 Å². The quantitative estimate of drug-likeness (QED) is 0.341. The van der Waals surface area contributed by atoms with Crippen LogP contribution in [0.25, 0.3) is 5.69 Å². The molecule has 8 nitrogen and oxygen atoms in total. The van der Waals surface area contributed by atoms with Gasteiger partial charge in [-0.25, -0.2) is 5.43 Å². The molecular formula is C25H28N4O4. The second kappa shape index (κ2) is 10.0. The van der Waals surface area contributed by atoms with Gasteiger partial charge in [-0.1, -0.05) is 6.07 Å². The normalized spacial score (nSPS) is 10.8. The second-order valence-corrected chi connectivity index (χ2v) is 7.73. The number of nitrogens with zero attached hydrogens (tertiary/aromatic N) is 2. The predicted molar refractivity (Wildman–Crippen MR) is 129 cm³/mol. The predicted octanol–water partition coefficient (Wildman–Crippen LogP) is 3.82. The van der Waals surface area contributed by atoms with Gasteiger partial charge in [-0.05, 0) is 69.2 Å². The van der Waals surface area contributed by atoms with Crippen LogP contribution < -0.4 is 20.2 Å². The summed E-state index contributed by atoms with van der Waals surface area (Å²) in [5, 5.41) is 6.48. The number of rotatable bonds is 6. The number of amides is 2. The van der Waals surface area contributed by atoms with E-state index in [1.807, 2.05) is 19.9 Å². The van der Waals surface area contributed by atoms with Gasteiger partial charge in [-0.15, -0.1) is 0 Å². The number of benzene rings is 2. The molecule has 172 valence electrons. The summed E-state index contributed by atoms with van der Waals surface area (Å²) < 4.78 is 12.5. The van der Waals surface area contributed by atoms with E-state index in [1.165, 1.54) is 31.6 Å². The molecule has 33 heavy (non-hydrogen) atoms. The summed E-state index contributed by atoms with van der Waals surface area (Å²) in [6, 6.07) is 13.2. The Hall–Kier alpha value is -4.07. The minimum atomic E-state index is -0.903. The molecular weight excluding hydrogens is 420 g/mol. The van der Waals surface area contributed by atoms with E-state index in [0.29, 0.717) is 17.2 Å². The Kier molecular flexibility index (Phi) is 7.17. The number of aromatic nitrogens is 1. The molecule has 0 aliphatic rings. The highest BCUT2D eigenvalue weighted by Crippen LogP contribution is 2.28. The van der Waals surface area contributed by atoms with Gasteiger partial charge in [0.2, 0.25) is 0 Å². The van der Waals surface area contributed by atoms with Crippen molar-refractivity contribution in [2.24, 2.45) is 5.10 Å². The SMILES string of the molecule is COc1ccc(OC)c(NC(=O)C(=O)N/N=C\c2cc(C)n(-c3cc(C)cc(C)c3)c2C)c1. The number of anilines is 1. The number of nitrogens with one attached hydrogen (secondary N) is 2. The van der Waals surface area contributed by atoms with Gasteiger partial charge in [0.15, 0.2) is 0 Å². The van der Waals surface area contributed by atoms with E-state index in [2.05, 4.69) is 52.5 Å². The lowest BCUT2D eigenvalue weighted by Crippen LogP contribution is -2.32. The Morgan fingerprint density at radius 2 is 1.61 bits per heavy atom. The topological polar surface area (TPSA) is 93.9 Å². The van der Waals surface area contributed by atoms with E-state index in [9.17, 15) is 9.59 Å². The van der Waals surface area contributed by atoms with Crippen molar-refractivity contribution < 1.29 is 19.1 Å². The van der Waals surface area contributed by atoms with E-state index in [1.54, 1.807) is 18.2 Å². The molecule has 8 heteroatoms. The third-order valence-corrected chi connectivity index (χ3v) is 5.17. The zero-order chi connectivity index (χ0) is 24.1. The van der Waals surface area contributed by atoms with Crippen LogP contribution in [0.1, 0.15) is 28.1 Å². The van der Waals surface area contributed by atoms with Gasteiger partial charge >= 0.3 is 11.8 Å². The smallest absolute Gasteiger partial charge is 0.329 e. The van der Waals surface area contributed by atoms with Gasteiger partial charge in [0.1, 0.15) is 11.5 Å². The lowest BCUT2D eigenvalue weighted by Gasteiger charge is -2.11. The first-order chi connectivity index (χ1) is 15.7. The van der Waals surface area contributed by atoms with Crippen molar-refractivity contribution in [3.8, 4) is 17.2 Å². The molecule has 0 radical (unpaired) electrons. The van der Waals surface area contributed by atoms with Crippen molar-refractivity contribution in [3.63, 3.8) is 0 Å². The maximum absolute atomic E-state index is 12.3. The van der Waals surface area contributed by atoms with Gasteiger partial charge in [0, 0.05) is 28.7 Å². The van der Waals surface area contributed by atoms with E-state index in [0.717, 1.165) is 22.6 Å². The summed E-state index contributed by atoms with van der Waals surface area (Å²) in [4.78, 5) is 24.5. The maximum atomic E-state index is 12.3. The van der Waals surface area contributed by atoms with Gasteiger partial charge in [-0.2, -0.15) is 5.10 Å². The lowest BCUT2D eigenvalue weighted by atomic mass is 10.1. The molecule has 3 aromatic rings. The molecule has 0 saturated heterocycles. The fraction of sp³-hybridized carbons (Fsp3) is 0.240. The summed E-state index contributed by atoms with van der Waals surface area (Å²) in [5.74, 6) is -0.860. The minimum Gasteiger partial charge on any atom is -0.497 e. The lowest BCUT2D eigenvalue weighted by molar-refractivity contribution is -0.136. The maximum Gasteiger partial charge on any atom is 0.329 e. The summed E-state index contributed by atoms with van der Waals surface area (Å²) in [7, 11) is 2.97. The first-order valence-electron chi connectivity index (χ1n) is 10.4. The van der Waals surface area contributed by atoms with Crippen molar-refractivity contribution in [2.75, 3.05) is 19.5 Å². The highest BCUT2D eigenvalue weighted by atomic mass is 16.5. The molecule has 0 fully saturated rings. The number of ether oxygens (including phenoxy) is 2. The van der Waals surface area contributed by atoms with Gasteiger partial charge < -0.3 is 19.4 Å². The van der Waals surface area contributed by atoms with E-state index >= 15 is 0 Å². The van der Waals surface area contributed by atoms with E-state index in [-0.39, 0.29) is 0 Å². The van der Waals surface area contributed by atoms with Crippen LogP contribution in [0.3, 0.4) is 0 Å². The fourth-order valence-electron chi connectivity index (χ4n) is 3.70. The zero-order valence-corrected chi connectivity index (χ0v) is 19.6. The standard InChI is InChI=1S/C25H28N4O4/c1-15-9-16(2)11-20(10-15)29-17(3)12-19(18(29)4)14-26-28-25(31)24(30)27-22-13-21(32-5)7-8-23(22)33-6/h7-14H,1-6H3,(H,27,30)(H,28,31)/b26-14-. The second-order valence-electron chi connectivity index (χ2n) is 7.73. The molecule has 0 atom stereocenters. The average molecular weight is 449 g/mol. The Morgan fingerprint density at radius 1 is 0.909 bits per heavy atom. The van der Waals surface area contributed by atoms with Gasteiger partial charge in [-0.3, -0.25) is 9.59 Å². The number of aryl methyl sites for hydroxylation is 3. The number of hydrogen-bond acceptors (Lipinski definition) is 5. The molecule has 0 bridgehead atoms. The fourth-order valence-corrected chi connectivity index (χ4v) is 3.70. The molecule has 2 N–H and O–H groups in total. The van der Waals surface area contributed by atoms with Crippen LogP contribution in [-0.2, 0) is 9.59 Å². The van der Waals surface area contributed by atoms with Crippen LogP contribution in [0.4, 0.5) is 5.69 Å². The Morgan fingerprint density at radius 3 is 2.24 bits per heavy atom. The molecule has 1 aromatic heterocycles. The van der Waals surface area contributed by atoms with Gasteiger partial charge in [0.05, 0.1) is 26.1 Å². The number of hydrazone groups is 1. The molecule has 3 rings (SSSR count). The summed E-state index contributed by atoms with van der Waals surface area (Å²) >= 11 is 0. The van der Waals surface area contributed by atoms with Crippen LogP contribution in [0.15, 0.2) is 47.6 Å². The highest BCUT2D eigenvalue weighted by molar-refractivity contribution is 6.39. The van der Waals surface area contributed by atoms with Crippen LogP contribution >= 0.6 is 0 Å². The monoisotopic (exact) mass is 448 g/mol. The molecule has 2 amide bonds. The molecule has 0 aliphatic carbocycles. The van der Waals surface area contributed by atoms with Crippen molar-refractivity contribution in [2.45, 2.75) is 27.7 Å². The van der Waals surface area contributed by atoms with Crippen molar-refractivity contribution in [1.82, 2.24) is 9.99 Å². The van der Waals surface area contributed by atoms with Crippen LogP contribution in [-0.4, -0.2) is 36.8 Å². The van der Waals surface area contributed by atoms with Crippen molar-refractivity contribution >= 4 is 23.7 Å². The first kappa shape index (κ1) is 23.6. The third-order valence-electron chi connectivity index (χ3n) is 5.17. The third kappa shape index (κ3) is 5.41. The average Bonchev–Trinajstić information content (AvgIpc) is 3.05. The molecule has 0 aliphatic heterocycles. The molecule has 2 aromatic carbocycles. The van der Waals surface area contributed by atoms with Crippen molar-refractivity contribution in [3.05, 3.63) is 70.5 Å². The molecule has 0 spiro atoms. The van der Waals surface area contributed by atoms with Crippen LogP contribution in [0.2, 0.25) is 0 Å². The minimum absolute atomic E-state index is 0.318. The van der Waals surface area contributed by atoms with E-state index < -0.39 is 11.8 Å². The number of hydrogen-bond donors (Lipinski definition) is 2. The van der Waals surface area contributed by atoms with Gasteiger partial charge in [0.25, 0.3) is 0 Å². The van der Waals surface area contributed by atoms with Crippen molar-refractivity contribution in [1.29, 1.82) is 0 Å². The molecule has 0 unspecified atom stereocenters. The molecule has 1 heterocycles. The first-order valence-corrected chi connectivity index (χ1v) is 10.4. The summed E-state index contributed by atoms with van der Waals surface area (Å²) in [5.41, 5.74) is 8.86. The molecule has 0 saturated carbocycles. The number of methoxy groups -OCH3 is 2. The number of carbonyl (C=O) groups is 2. The van der Waals surface area contributed by atoms with E-state index in [4.69, 9.17) is 9.47 Å². The van der Waals surface area contributed by atoms with Crippen LogP contribution in [0.5, 0.6) is 11.5 Å².